The summed E-state index contributed by atoms with van der Waals surface area (Å²) in [5.41, 5.74) is 1.28. The van der Waals surface area contributed by atoms with Crippen LogP contribution in [0, 0.1) is 0 Å². The average Bonchev–Trinajstić information content (AvgIpc) is 2.81. The maximum atomic E-state index is 12.6. The van der Waals surface area contributed by atoms with Crippen LogP contribution in [0.15, 0.2) is 47.3 Å². The molecular weight excluding hydrogens is 400 g/mol. The Balaban J connectivity index is 1.68. The largest absolute Gasteiger partial charge is 0.493 e. The van der Waals surface area contributed by atoms with E-state index in [1.165, 1.54) is 4.68 Å². The first-order valence-corrected chi connectivity index (χ1v) is 9.77. The van der Waals surface area contributed by atoms with Crippen LogP contribution in [0.5, 0.6) is 11.5 Å². The molecule has 0 unspecified atom stereocenters. The standard InChI is InChI=1S/C22H26N4O5/c1-29-11-10-26-21(27)17-7-5-4-6-16(17)18(25-26)14-24-22(28)23-13-15-8-9-19(30-2)20(12-15)31-3/h4-9,12H,10-11,13-14H2,1-3H3,(H2,23,24,28). The number of rotatable bonds is 9. The highest BCUT2D eigenvalue weighted by atomic mass is 16.5. The Bertz CT molecular complexity index is 1110. The zero-order chi connectivity index (χ0) is 22.2. The van der Waals surface area contributed by atoms with Crippen LogP contribution in [0.4, 0.5) is 4.79 Å². The lowest BCUT2D eigenvalue weighted by molar-refractivity contribution is 0.181. The minimum absolute atomic E-state index is 0.172. The summed E-state index contributed by atoms with van der Waals surface area (Å²) in [5.74, 6) is 1.22. The number of carbonyl (C=O) groups excluding carboxylic acids is 1. The van der Waals surface area contributed by atoms with Crippen LogP contribution in [0.25, 0.3) is 10.8 Å². The molecule has 3 aromatic rings. The van der Waals surface area contributed by atoms with E-state index in [4.69, 9.17) is 14.2 Å². The van der Waals surface area contributed by atoms with E-state index in [0.29, 0.717) is 47.7 Å². The van der Waals surface area contributed by atoms with Gasteiger partial charge < -0.3 is 24.8 Å². The second kappa shape index (κ2) is 10.4. The van der Waals surface area contributed by atoms with Gasteiger partial charge in [0.25, 0.3) is 5.56 Å². The van der Waals surface area contributed by atoms with Gasteiger partial charge in [0.05, 0.1) is 45.0 Å². The third kappa shape index (κ3) is 5.32. The van der Waals surface area contributed by atoms with E-state index in [2.05, 4.69) is 15.7 Å². The molecule has 0 atom stereocenters. The number of carbonyl (C=O) groups is 1. The molecule has 0 saturated carbocycles. The molecule has 9 heteroatoms. The monoisotopic (exact) mass is 426 g/mol. The zero-order valence-corrected chi connectivity index (χ0v) is 17.8. The van der Waals surface area contributed by atoms with Crippen LogP contribution in [0.1, 0.15) is 11.3 Å². The summed E-state index contributed by atoms with van der Waals surface area (Å²) >= 11 is 0. The lowest BCUT2D eigenvalue weighted by Gasteiger charge is -2.13. The van der Waals surface area contributed by atoms with Crippen molar-refractivity contribution in [1.82, 2.24) is 20.4 Å². The summed E-state index contributed by atoms with van der Waals surface area (Å²) in [6, 6.07) is 12.3. The Hall–Kier alpha value is -3.59. The molecule has 0 spiro atoms. The Labute approximate surface area is 179 Å². The van der Waals surface area contributed by atoms with Crippen LogP contribution in [0.2, 0.25) is 0 Å². The number of aromatic nitrogens is 2. The molecule has 9 nitrogen and oxygen atoms in total. The van der Waals surface area contributed by atoms with Gasteiger partial charge in [-0.25, -0.2) is 9.48 Å². The molecule has 1 heterocycles. The van der Waals surface area contributed by atoms with Crippen molar-refractivity contribution in [3.8, 4) is 11.5 Å². The molecule has 0 radical (unpaired) electrons. The van der Waals surface area contributed by atoms with Gasteiger partial charge in [0.1, 0.15) is 0 Å². The third-order valence-corrected chi connectivity index (χ3v) is 4.77. The Morgan fingerprint density at radius 2 is 1.68 bits per heavy atom. The van der Waals surface area contributed by atoms with Gasteiger partial charge in [0.15, 0.2) is 11.5 Å². The fourth-order valence-corrected chi connectivity index (χ4v) is 3.16. The summed E-state index contributed by atoms with van der Waals surface area (Å²) in [6.45, 7) is 1.18. The molecule has 3 rings (SSSR count). The molecule has 0 aliphatic heterocycles. The Kier molecular flexibility index (Phi) is 7.45. The second-order valence-electron chi connectivity index (χ2n) is 6.74. The number of nitrogens with zero attached hydrogens (tertiary/aromatic N) is 2. The Morgan fingerprint density at radius 3 is 2.39 bits per heavy atom. The first kappa shape index (κ1) is 22.1. The van der Waals surface area contributed by atoms with Crippen LogP contribution in [0.3, 0.4) is 0 Å². The van der Waals surface area contributed by atoms with E-state index in [0.717, 1.165) is 5.56 Å². The molecule has 31 heavy (non-hydrogen) atoms. The molecule has 2 N–H and O–H groups in total. The van der Waals surface area contributed by atoms with Crippen LogP contribution in [-0.4, -0.2) is 43.7 Å². The van der Waals surface area contributed by atoms with Gasteiger partial charge in [-0.3, -0.25) is 4.79 Å². The van der Waals surface area contributed by atoms with E-state index in [1.807, 2.05) is 18.2 Å². The van der Waals surface area contributed by atoms with Crippen molar-refractivity contribution >= 4 is 16.8 Å². The number of methoxy groups -OCH3 is 3. The van der Waals surface area contributed by atoms with E-state index in [-0.39, 0.29) is 18.1 Å². The molecular formula is C22H26N4O5. The summed E-state index contributed by atoms with van der Waals surface area (Å²) in [5, 5.41) is 11.3. The summed E-state index contributed by atoms with van der Waals surface area (Å²) in [7, 11) is 4.70. The molecule has 0 aliphatic carbocycles. The van der Waals surface area contributed by atoms with Gasteiger partial charge >= 0.3 is 6.03 Å². The number of ether oxygens (including phenoxy) is 3. The van der Waals surface area contributed by atoms with Crippen LogP contribution >= 0.6 is 0 Å². The highest BCUT2D eigenvalue weighted by Gasteiger charge is 2.12. The molecule has 2 aromatic carbocycles. The first-order chi connectivity index (χ1) is 15.1. The Morgan fingerprint density at radius 1 is 0.968 bits per heavy atom. The highest BCUT2D eigenvalue weighted by molar-refractivity contribution is 5.84. The summed E-state index contributed by atoms with van der Waals surface area (Å²) in [4.78, 5) is 24.9. The molecule has 2 amide bonds. The summed E-state index contributed by atoms with van der Waals surface area (Å²) < 4.78 is 16.9. The maximum absolute atomic E-state index is 12.6. The minimum atomic E-state index is -0.352. The average molecular weight is 426 g/mol. The van der Waals surface area contributed by atoms with E-state index >= 15 is 0 Å². The van der Waals surface area contributed by atoms with Gasteiger partial charge in [-0.1, -0.05) is 24.3 Å². The van der Waals surface area contributed by atoms with E-state index in [1.54, 1.807) is 45.6 Å². The number of benzene rings is 2. The fourth-order valence-electron chi connectivity index (χ4n) is 3.16. The van der Waals surface area contributed by atoms with Gasteiger partial charge in [-0.15, -0.1) is 0 Å². The molecule has 0 fully saturated rings. The highest BCUT2D eigenvalue weighted by Crippen LogP contribution is 2.27. The zero-order valence-electron chi connectivity index (χ0n) is 17.8. The number of nitrogens with one attached hydrogen (secondary N) is 2. The van der Waals surface area contributed by atoms with Gasteiger partial charge in [0, 0.05) is 19.0 Å². The number of fused-ring (bicyclic) bond motifs is 1. The number of hydrogen-bond donors (Lipinski definition) is 2. The normalized spacial score (nSPS) is 10.7. The van der Waals surface area contributed by atoms with Crippen LogP contribution in [-0.2, 0) is 24.4 Å². The van der Waals surface area contributed by atoms with Crippen molar-refractivity contribution in [2.75, 3.05) is 27.9 Å². The predicted octanol–water partition coefficient (Wildman–Crippen LogP) is 2.06. The lowest BCUT2D eigenvalue weighted by Crippen LogP contribution is -2.35. The van der Waals surface area contributed by atoms with E-state index in [9.17, 15) is 9.59 Å². The topological polar surface area (TPSA) is 104 Å². The van der Waals surface area contributed by atoms with Crippen molar-refractivity contribution in [1.29, 1.82) is 0 Å². The van der Waals surface area contributed by atoms with Crippen molar-refractivity contribution in [2.45, 2.75) is 19.6 Å². The molecule has 0 aliphatic rings. The maximum Gasteiger partial charge on any atom is 0.315 e. The second-order valence-corrected chi connectivity index (χ2v) is 6.74. The summed E-state index contributed by atoms with van der Waals surface area (Å²) in [6.07, 6.45) is 0. The first-order valence-electron chi connectivity index (χ1n) is 9.77. The molecule has 0 saturated heterocycles. The predicted molar refractivity (Wildman–Crippen MR) is 117 cm³/mol. The fraction of sp³-hybridized carbons (Fsp3) is 0.318. The van der Waals surface area contributed by atoms with Gasteiger partial charge in [-0.2, -0.15) is 5.10 Å². The van der Waals surface area contributed by atoms with Gasteiger partial charge in [-0.05, 0) is 23.8 Å². The smallest absolute Gasteiger partial charge is 0.315 e. The number of hydrogen-bond acceptors (Lipinski definition) is 6. The minimum Gasteiger partial charge on any atom is -0.493 e. The van der Waals surface area contributed by atoms with Crippen molar-refractivity contribution in [3.63, 3.8) is 0 Å². The molecule has 0 bridgehead atoms. The van der Waals surface area contributed by atoms with Crippen molar-refractivity contribution < 1.29 is 19.0 Å². The molecule has 164 valence electrons. The van der Waals surface area contributed by atoms with Crippen LogP contribution < -0.4 is 25.7 Å². The number of urea groups is 1. The van der Waals surface area contributed by atoms with Crippen molar-refractivity contribution in [2.24, 2.45) is 0 Å². The quantitative estimate of drug-likeness (QED) is 0.543. The van der Waals surface area contributed by atoms with E-state index < -0.39 is 0 Å². The lowest BCUT2D eigenvalue weighted by atomic mass is 10.1. The van der Waals surface area contributed by atoms with Crippen molar-refractivity contribution in [3.05, 3.63) is 64.1 Å². The third-order valence-electron chi connectivity index (χ3n) is 4.77. The van der Waals surface area contributed by atoms with Gasteiger partial charge in [0.2, 0.25) is 0 Å². The molecule has 1 aromatic heterocycles. The number of amides is 2. The SMILES string of the molecule is COCCn1nc(CNC(=O)NCc2ccc(OC)c(OC)c2)c2ccccc2c1=O.